The van der Waals surface area contributed by atoms with Gasteiger partial charge in [-0.25, -0.2) is 0 Å². The molecule has 0 bridgehead atoms. The number of hydrogen-bond acceptors (Lipinski definition) is 3. The van der Waals surface area contributed by atoms with E-state index in [1.54, 1.807) is 0 Å². The summed E-state index contributed by atoms with van der Waals surface area (Å²) in [5.74, 6) is 0.267. The average Bonchev–Trinajstić information content (AvgIpc) is 2.58. The summed E-state index contributed by atoms with van der Waals surface area (Å²) in [5, 5.41) is 9.83. The molecule has 1 N–H and O–H groups in total. The summed E-state index contributed by atoms with van der Waals surface area (Å²) in [6, 6.07) is 13.9. The highest BCUT2D eigenvalue weighted by atomic mass is 16.5. The van der Waals surface area contributed by atoms with Gasteiger partial charge < -0.3 is 14.6 Å². The number of hydrogen-bond donors (Lipinski definition) is 1. The van der Waals surface area contributed by atoms with Crippen molar-refractivity contribution >= 4 is 5.97 Å². The Morgan fingerprint density at radius 3 is 2.56 bits per heavy atom. The Labute approximate surface area is 161 Å². The third-order valence-electron chi connectivity index (χ3n) is 4.77. The molecule has 2 aromatic carbocycles. The standard InChI is InChI=1S/C23H28O4/c1-15(2)10-17-11-19(26-14-16-8-6-5-7-9-16)21-18(22(24)25)13-23(3,4)27-20(21)12-17/h5-9,11-12,15,18H,10,13-14H2,1-4H3,(H,24,25). The third kappa shape index (κ3) is 4.62. The van der Waals surface area contributed by atoms with E-state index in [0.29, 0.717) is 36.0 Å². The monoisotopic (exact) mass is 368 g/mol. The summed E-state index contributed by atoms with van der Waals surface area (Å²) in [6.07, 6.45) is 1.30. The second-order valence-corrected chi connectivity index (χ2v) is 8.33. The Balaban J connectivity index is 2.02. The number of carboxylic acid groups (broad SMARTS) is 1. The molecule has 4 heteroatoms. The second-order valence-electron chi connectivity index (χ2n) is 8.33. The van der Waals surface area contributed by atoms with Gasteiger partial charge in [-0.05, 0) is 49.4 Å². The molecule has 2 aromatic rings. The van der Waals surface area contributed by atoms with Gasteiger partial charge in [0.2, 0.25) is 0 Å². The Morgan fingerprint density at radius 2 is 1.93 bits per heavy atom. The number of aliphatic carboxylic acids is 1. The number of carboxylic acids is 1. The van der Waals surface area contributed by atoms with Crippen LogP contribution in [0.5, 0.6) is 11.5 Å². The zero-order chi connectivity index (χ0) is 19.6. The molecular formula is C23H28O4. The van der Waals surface area contributed by atoms with Crippen molar-refractivity contribution in [1.29, 1.82) is 0 Å². The minimum Gasteiger partial charge on any atom is -0.488 e. The van der Waals surface area contributed by atoms with Crippen molar-refractivity contribution in [2.75, 3.05) is 0 Å². The van der Waals surface area contributed by atoms with Crippen LogP contribution in [0.25, 0.3) is 0 Å². The maximum Gasteiger partial charge on any atom is 0.311 e. The maximum atomic E-state index is 12.0. The van der Waals surface area contributed by atoms with Crippen LogP contribution in [-0.2, 0) is 17.8 Å². The Bertz CT molecular complexity index is 809. The van der Waals surface area contributed by atoms with E-state index in [0.717, 1.165) is 17.5 Å². The maximum absolute atomic E-state index is 12.0. The molecule has 1 heterocycles. The van der Waals surface area contributed by atoms with Crippen LogP contribution in [0.3, 0.4) is 0 Å². The van der Waals surface area contributed by atoms with Crippen molar-refractivity contribution in [3.8, 4) is 11.5 Å². The first-order chi connectivity index (χ1) is 12.7. The number of benzene rings is 2. The molecule has 1 unspecified atom stereocenters. The van der Waals surface area contributed by atoms with Gasteiger partial charge in [0, 0.05) is 6.42 Å². The molecular weight excluding hydrogens is 340 g/mol. The zero-order valence-corrected chi connectivity index (χ0v) is 16.5. The van der Waals surface area contributed by atoms with E-state index in [1.807, 2.05) is 56.3 Å². The highest BCUT2D eigenvalue weighted by molar-refractivity contribution is 5.79. The van der Waals surface area contributed by atoms with Crippen LogP contribution in [0.1, 0.15) is 56.7 Å². The van der Waals surface area contributed by atoms with Gasteiger partial charge in [-0.3, -0.25) is 4.79 Å². The number of ether oxygens (including phenoxy) is 2. The molecule has 0 amide bonds. The van der Waals surface area contributed by atoms with E-state index >= 15 is 0 Å². The fourth-order valence-electron chi connectivity index (χ4n) is 3.67. The van der Waals surface area contributed by atoms with Crippen molar-refractivity contribution in [2.24, 2.45) is 5.92 Å². The molecule has 1 aliphatic rings. The smallest absolute Gasteiger partial charge is 0.311 e. The summed E-state index contributed by atoms with van der Waals surface area (Å²) < 4.78 is 12.3. The number of rotatable bonds is 6. The van der Waals surface area contributed by atoms with E-state index in [2.05, 4.69) is 13.8 Å². The van der Waals surface area contributed by atoms with Gasteiger partial charge in [0.25, 0.3) is 0 Å². The minimum absolute atomic E-state index is 0.397. The SMILES string of the molecule is CC(C)Cc1cc(OCc2ccccc2)c2c(c1)OC(C)(C)CC2C(=O)O. The van der Waals surface area contributed by atoms with Crippen LogP contribution in [0.2, 0.25) is 0 Å². The van der Waals surface area contributed by atoms with Crippen molar-refractivity contribution in [3.05, 3.63) is 59.2 Å². The zero-order valence-electron chi connectivity index (χ0n) is 16.5. The Morgan fingerprint density at radius 1 is 1.22 bits per heavy atom. The van der Waals surface area contributed by atoms with E-state index in [9.17, 15) is 9.90 Å². The van der Waals surface area contributed by atoms with Gasteiger partial charge in [0.05, 0.1) is 11.5 Å². The first kappa shape index (κ1) is 19.3. The summed E-state index contributed by atoms with van der Waals surface area (Å²) in [5.41, 5.74) is 2.28. The first-order valence-electron chi connectivity index (χ1n) is 9.50. The molecule has 0 radical (unpaired) electrons. The fraction of sp³-hybridized carbons (Fsp3) is 0.435. The summed E-state index contributed by atoms with van der Waals surface area (Å²) >= 11 is 0. The normalized spacial score (nSPS) is 17.9. The molecule has 0 aliphatic carbocycles. The van der Waals surface area contributed by atoms with Gasteiger partial charge in [-0.1, -0.05) is 44.2 Å². The van der Waals surface area contributed by atoms with Crippen molar-refractivity contribution in [3.63, 3.8) is 0 Å². The molecule has 3 rings (SSSR count). The topological polar surface area (TPSA) is 55.8 Å². The summed E-state index contributed by atoms with van der Waals surface area (Å²) in [6.45, 7) is 8.59. The molecule has 4 nitrogen and oxygen atoms in total. The Kier molecular flexibility index (Phi) is 5.45. The molecule has 0 saturated carbocycles. The van der Waals surface area contributed by atoms with E-state index in [4.69, 9.17) is 9.47 Å². The predicted molar refractivity (Wildman–Crippen MR) is 105 cm³/mol. The molecule has 27 heavy (non-hydrogen) atoms. The lowest BCUT2D eigenvalue weighted by Crippen LogP contribution is -2.37. The minimum atomic E-state index is -0.839. The number of fused-ring (bicyclic) bond motifs is 1. The second kappa shape index (κ2) is 7.63. The molecule has 1 atom stereocenters. The van der Waals surface area contributed by atoms with Crippen molar-refractivity contribution < 1.29 is 19.4 Å². The van der Waals surface area contributed by atoms with Gasteiger partial charge in [0.1, 0.15) is 23.7 Å². The van der Waals surface area contributed by atoms with Crippen LogP contribution in [0.15, 0.2) is 42.5 Å². The largest absolute Gasteiger partial charge is 0.488 e. The molecule has 0 spiro atoms. The highest BCUT2D eigenvalue weighted by Crippen LogP contribution is 2.46. The lowest BCUT2D eigenvalue weighted by molar-refractivity contribution is -0.140. The van der Waals surface area contributed by atoms with Crippen LogP contribution in [-0.4, -0.2) is 16.7 Å². The first-order valence-corrected chi connectivity index (χ1v) is 9.50. The molecule has 1 aliphatic heterocycles. The van der Waals surface area contributed by atoms with E-state index in [1.165, 1.54) is 0 Å². The quantitative estimate of drug-likeness (QED) is 0.762. The van der Waals surface area contributed by atoms with Crippen LogP contribution in [0.4, 0.5) is 0 Å². The molecule has 0 saturated heterocycles. The summed E-state index contributed by atoms with van der Waals surface area (Å²) in [4.78, 5) is 12.0. The van der Waals surface area contributed by atoms with Gasteiger partial charge >= 0.3 is 5.97 Å². The lowest BCUT2D eigenvalue weighted by atomic mass is 9.83. The van der Waals surface area contributed by atoms with Crippen LogP contribution >= 0.6 is 0 Å². The Hall–Kier alpha value is -2.49. The predicted octanol–water partition coefficient (Wildman–Crippen LogP) is 5.19. The molecule has 0 aromatic heterocycles. The molecule has 144 valence electrons. The lowest BCUT2D eigenvalue weighted by Gasteiger charge is -2.37. The fourth-order valence-corrected chi connectivity index (χ4v) is 3.67. The van der Waals surface area contributed by atoms with E-state index < -0.39 is 17.5 Å². The summed E-state index contributed by atoms with van der Waals surface area (Å²) in [7, 11) is 0. The van der Waals surface area contributed by atoms with Crippen molar-refractivity contribution in [1.82, 2.24) is 0 Å². The molecule has 0 fully saturated rings. The van der Waals surface area contributed by atoms with Gasteiger partial charge in [-0.15, -0.1) is 0 Å². The highest BCUT2D eigenvalue weighted by Gasteiger charge is 2.40. The van der Waals surface area contributed by atoms with Crippen LogP contribution < -0.4 is 9.47 Å². The average molecular weight is 368 g/mol. The number of carbonyl (C=O) groups is 1. The van der Waals surface area contributed by atoms with E-state index in [-0.39, 0.29) is 0 Å². The van der Waals surface area contributed by atoms with Gasteiger partial charge in [0.15, 0.2) is 0 Å². The van der Waals surface area contributed by atoms with Crippen LogP contribution in [0, 0.1) is 5.92 Å². The van der Waals surface area contributed by atoms with Gasteiger partial charge in [-0.2, -0.15) is 0 Å². The third-order valence-corrected chi connectivity index (χ3v) is 4.77. The van der Waals surface area contributed by atoms with Crippen molar-refractivity contribution in [2.45, 2.75) is 58.7 Å².